The second kappa shape index (κ2) is 5.30. The summed E-state index contributed by atoms with van der Waals surface area (Å²) < 4.78 is 5.38. The summed E-state index contributed by atoms with van der Waals surface area (Å²) in [6, 6.07) is 18.8. The average Bonchev–Trinajstić information content (AvgIpc) is 3.00. The van der Waals surface area contributed by atoms with Crippen LogP contribution >= 0.6 is 0 Å². The maximum Gasteiger partial charge on any atom is 0.127 e. The quantitative estimate of drug-likeness (QED) is 0.640. The van der Waals surface area contributed by atoms with Gasteiger partial charge < -0.3 is 4.74 Å². The van der Waals surface area contributed by atoms with Crippen molar-refractivity contribution in [2.75, 3.05) is 7.11 Å². The average molecular weight is 287 g/mol. The number of benzene rings is 3. The van der Waals surface area contributed by atoms with E-state index in [2.05, 4.69) is 30.3 Å². The van der Waals surface area contributed by atoms with E-state index in [1.54, 1.807) is 7.11 Å². The molecule has 0 spiro atoms. The number of para-hydroxylation sites is 1. The van der Waals surface area contributed by atoms with Gasteiger partial charge in [-0.05, 0) is 47.6 Å². The topological polar surface area (TPSA) is 21.6 Å². The Morgan fingerprint density at radius 2 is 1.73 bits per heavy atom. The lowest BCUT2D eigenvalue weighted by molar-refractivity contribution is 0.414. The van der Waals surface area contributed by atoms with Crippen LogP contribution in [0.3, 0.4) is 0 Å². The van der Waals surface area contributed by atoms with Crippen LogP contribution in [0.25, 0.3) is 10.8 Å². The Morgan fingerprint density at radius 3 is 2.59 bits per heavy atom. The minimum Gasteiger partial charge on any atom is -0.496 e. The highest BCUT2D eigenvalue weighted by Crippen LogP contribution is 2.36. The largest absolute Gasteiger partial charge is 0.496 e. The molecule has 3 aromatic rings. The van der Waals surface area contributed by atoms with Gasteiger partial charge in [0.25, 0.3) is 0 Å². The molecule has 0 heterocycles. The Hall–Kier alpha value is -2.61. The van der Waals surface area contributed by atoms with E-state index in [0.29, 0.717) is 0 Å². The van der Waals surface area contributed by atoms with Gasteiger partial charge in [0.15, 0.2) is 0 Å². The Balaban J connectivity index is 1.81. The van der Waals surface area contributed by atoms with Crippen molar-refractivity contribution in [2.45, 2.75) is 12.8 Å². The summed E-state index contributed by atoms with van der Waals surface area (Å²) in [7, 11) is 1.69. The molecule has 0 saturated heterocycles. The zero-order valence-electron chi connectivity index (χ0n) is 12.5. The molecule has 4 rings (SSSR count). The highest BCUT2D eigenvalue weighted by molar-refractivity contribution is 6.00. The lowest BCUT2D eigenvalue weighted by atomic mass is 10.0. The lowest BCUT2D eigenvalue weighted by Gasteiger charge is -2.06. The second-order valence-electron chi connectivity index (χ2n) is 5.58. The normalized spacial score (nSPS) is 13.1. The van der Waals surface area contributed by atoms with Gasteiger partial charge in [-0.1, -0.05) is 36.4 Å². The summed E-state index contributed by atoms with van der Waals surface area (Å²) in [5.41, 5.74) is 4.91. The summed E-state index contributed by atoms with van der Waals surface area (Å²) in [5, 5.41) is 2.65. The summed E-state index contributed by atoms with van der Waals surface area (Å²) in [6.07, 6.45) is 4.18. The second-order valence-corrected chi connectivity index (χ2v) is 5.58. The van der Waals surface area contributed by atoms with Gasteiger partial charge in [-0.3, -0.25) is 4.99 Å². The van der Waals surface area contributed by atoms with Crippen LogP contribution in [0.15, 0.2) is 59.6 Å². The molecule has 3 aromatic carbocycles. The molecule has 0 bridgehead atoms. The zero-order valence-corrected chi connectivity index (χ0v) is 12.5. The Morgan fingerprint density at radius 1 is 0.909 bits per heavy atom. The third kappa shape index (κ3) is 2.08. The van der Waals surface area contributed by atoms with Crippen molar-refractivity contribution in [2.24, 2.45) is 4.99 Å². The number of aliphatic imine (C=N–C) groups is 1. The van der Waals surface area contributed by atoms with E-state index < -0.39 is 0 Å². The van der Waals surface area contributed by atoms with E-state index >= 15 is 0 Å². The monoisotopic (exact) mass is 287 g/mol. The molecule has 0 fully saturated rings. The number of aryl methyl sites for hydroxylation is 2. The first-order chi connectivity index (χ1) is 10.9. The molecule has 0 radical (unpaired) electrons. The van der Waals surface area contributed by atoms with Gasteiger partial charge in [-0.2, -0.15) is 0 Å². The van der Waals surface area contributed by atoms with Crippen molar-refractivity contribution >= 4 is 22.7 Å². The maximum absolute atomic E-state index is 5.38. The highest BCUT2D eigenvalue weighted by Gasteiger charge is 2.15. The highest BCUT2D eigenvalue weighted by atomic mass is 16.5. The van der Waals surface area contributed by atoms with Crippen molar-refractivity contribution < 1.29 is 4.74 Å². The van der Waals surface area contributed by atoms with Gasteiger partial charge in [-0.25, -0.2) is 0 Å². The summed E-state index contributed by atoms with van der Waals surface area (Å²) in [4.78, 5) is 4.72. The van der Waals surface area contributed by atoms with Crippen LogP contribution in [0.1, 0.15) is 16.7 Å². The third-order valence-corrected chi connectivity index (χ3v) is 4.34. The summed E-state index contributed by atoms with van der Waals surface area (Å²) in [6.45, 7) is 0. The lowest BCUT2D eigenvalue weighted by Crippen LogP contribution is -1.89. The molecule has 0 atom stereocenters. The molecule has 1 aliphatic carbocycles. The first-order valence-electron chi connectivity index (χ1n) is 7.57. The molecule has 108 valence electrons. The van der Waals surface area contributed by atoms with E-state index in [1.165, 1.54) is 21.9 Å². The fourth-order valence-electron chi connectivity index (χ4n) is 3.26. The number of ether oxygens (including phenoxy) is 1. The van der Waals surface area contributed by atoms with Crippen molar-refractivity contribution in [3.05, 3.63) is 71.3 Å². The van der Waals surface area contributed by atoms with Crippen LogP contribution in [0.2, 0.25) is 0 Å². The smallest absolute Gasteiger partial charge is 0.127 e. The molecule has 1 aliphatic rings. The number of nitrogens with zero attached hydrogens (tertiary/aromatic N) is 1. The van der Waals surface area contributed by atoms with Crippen LogP contribution in [-0.4, -0.2) is 13.3 Å². The number of rotatable bonds is 3. The van der Waals surface area contributed by atoms with E-state index in [-0.39, 0.29) is 0 Å². The predicted octanol–water partition coefficient (Wildman–Crippen LogP) is 4.70. The fraction of sp³-hybridized carbons (Fsp3) is 0.150. The number of hydrogen-bond acceptors (Lipinski definition) is 2. The minimum absolute atomic E-state index is 0.845. The van der Waals surface area contributed by atoms with Gasteiger partial charge in [0, 0.05) is 17.2 Å². The van der Waals surface area contributed by atoms with E-state index in [0.717, 1.165) is 29.8 Å². The van der Waals surface area contributed by atoms with E-state index in [4.69, 9.17) is 9.73 Å². The predicted molar refractivity (Wildman–Crippen MR) is 91.6 cm³/mol. The van der Waals surface area contributed by atoms with Crippen molar-refractivity contribution in [1.29, 1.82) is 0 Å². The molecule has 0 unspecified atom stereocenters. The van der Waals surface area contributed by atoms with Crippen LogP contribution in [0.5, 0.6) is 5.75 Å². The van der Waals surface area contributed by atoms with Gasteiger partial charge >= 0.3 is 0 Å². The van der Waals surface area contributed by atoms with Crippen LogP contribution < -0.4 is 4.74 Å². The van der Waals surface area contributed by atoms with Crippen molar-refractivity contribution in [3.63, 3.8) is 0 Å². The Labute approximate surface area is 130 Å². The Kier molecular flexibility index (Phi) is 3.15. The van der Waals surface area contributed by atoms with Crippen LogP contribution in [0.4, 0.5) is 5.69 Å². The number of methoxy groups -OCH3 is 1. The molecule has 22 heavy (non-hydrogen) atoms. The van der Waals surface area contributed by atoms with Crippen molar-refractivity contribution in [3.8, 4) is 5.75 Å². The van der Waals surface area contributed by atoms with Gasteiger partial charge in [0.2, 0.25) is 0 Å². The molecule has 0 amide bonds. The van der Waals surface area contributed by atoms with Crippen LogP contribution in [0, 0.1) is 0 Å². The fourth-order valence-corrected chi connectivity index (χ4v) is 3.26. The molecule has 0 aromatic heterocycles. The van der Waals surface area contributed by atoms with Gasteiger partial charge in [0.1, 0.15) is 5.75 Å². The molecule has 0 aliphatic heterocycles. The minimum atomic E-state index is 0.845. The standard InChI is InChI=1S/C20H17NO/c1-22-19-8-3-2-5-16(19)13-21-18-12-11-15-10-9-14-6-4-7-17(18)20(14)15/h2-8,11-13H,9-10H2,1H3. The van der Waals surface area contributed by atoms with Gasteiger partial charge in [-0.15, -0.1) is 0 Å². The molecule has 2 heteroatoms. The third-order valence-electron chi connectivity index (χ3n) is 4.34. The molecular weight excluding hydrogens is 270 g/mol. The molecule has 0 N–H and O–H groups in total. The summed E-state index contributed by atoms with van der Waals surface area (Å²) >= 11 is 0. The van der Waals surface area contributed by atoms with Crippen LogP contribution in [-0.2, 0) is 12.8 Å². The Bertz CT molecular complexity index is 870. The van der Waals surface area contributed by atoms with E-state index in [1.807, 2.05) is 30.5 Å². The van der Waals surface area contributed by atoms with Gasteiger partial charge in [0.05, 0.1) is 12.8 Å². The molecule has 2 nitrogen and oxygen atoms in total. The molecule has 0 saturated carbocycles. The SMILES string of the molecule is COc1ccccc1C=Nc1ccc2c3c(cccc13)CC2. The maximum atomic E-state index is 5.38. The summed E-state index contributed by atoms with van der Waals surface area (Å²) in [5.74, 6) is 0.845. The van der Waals surface area contributed by atoms with E-state index in [9.17, 15) is 0 Å². The zero-order chi connectivity index (χ0) is 14.9. The number of hydrogen-bond donors (Lipinski definition) is 0. The van der Waals surface area contributed by atoms with Crippen molar-refractivity contribution in [1.82, 2.24) is 0 Å². The first-order valence-corrected chi connectivity index (χ1v) is 7.57. The molecular formula is C20H17NO. The first kappa shape index (κ1) is 13.1.